The number of carboxylic acid groups (broad SMARTS) is 1. The van der Waals surface area contributed by atoms with Crippen molar-refractivity contribution in [1.82, 2.24) is 10.6 Å². The summed E-state index contributed by atoms with van der Waals surface area (Å²) in [6.07, 6.45) is 4.56. The molecule has 35 heavy (non-hydrogen) atoms. The van der Waals surface area contributed by atoms with Crippen LogP contribution in [-0.4, -0.2) is 45.9 Å². The summed E-state index contributed by atoms with van der Waals surface area (Å²) in [6, 6.07) is 4.50. The van der Waals surface area contributed by atoms with Crippen LogP contribution in [0.15, 0.2) is 18.2 Å². The van der Waals surface area contributed by atoms with Crippen LogP contribution in [0.4, 0.5) is 4.79 Å². The van der Waals surface area contributed by atoms with Gasteiger partial charge in [0.25, 0.3) is 0 Å². The zero-order valence-electron chi connectivity index (χ0n) is 21.1. The standard InChI is InChI=1S/C27H38N2O6/c1-26(2,3)35-25(34)28-21(14-23(31)32)24(33)29-22-10-9-20-19-7-5-15-13-16(30)6-8-17(15)18(19)11-12-27(20,22)4/h6,8,13,18-22,30H,5,7,9-12,14H2,1-4H3,(H,28,34)(H,29,33)(H,31,32)/t18-,19-,20+,21+,22+,27+/m1/s1. The Balaban J connectivity index is 1.46. The minimum atomic E-state index is -1.20. The van der Waals surface area contributed by atoms with Gasteiger partial charge in [-0.3, -0.25) is 9.59 Å². The first-order valence-electron chi connectivity index (χ1n) is 12.7. The van der Waals surface area contributed by atoms with Gasteiger partial charge in [0, 0.05) is 6.04 Å². The molecule has 0 spiro atoms. The Bertz CT molecular complexity index is 1000. The largest absolute Gasteiger partial charge is 0.508 e. The van der Waals surface area contributed by atoms with Gasteiger partial charge in [-0.1, -0.05) is 13.0 Å². The Morgan fingerprint density at radius 2 is 1.91 bits per heavy atom. The highest BCUT2D eigenvalue weighted by Gasteiger charge is 2.55. The molecule has 0 aromatic heterocycles. The number of alkyl carbamates (subject to hydrolysis) is 1. The molecule has 8 heteroatoms. The van der Waals surface area contributed by atoms with Gasteiger partial charge in [-0.15, -0.1) is 0 Å². The number of phenolic OH excluding ortho intramolecular Hbond substituents is 1. The minimum Gasteiger partial charge on any atom is -0.508 e. The Labute approximate surface area is 206 Å². The van der Waals surface area contributed by atoms with Crippen LogP contribution in [0.5, 0.6) is 5.75 Å². The first-order valence-corrected chi connectivity index (χ1v) is 12.7. The van der Waals surface area contributed by atoms with E-state index in [-0.39, 0.29) is 11.5 Å². The van der Waals surface area contributed by atoms with E-state index >= 15 is 0 Å². The van der Waals surface area contributed by atoms with E-state index in [0.29, 0.717) is 23.5 Å². The van der Waals surface area contributed by atoms with Gasteiger partial charge in [0.05, 0.1) is 6.42 Å². The molecule has 4 rings (SSSR count). The summed E-state index contributed by atoms with van der Waals surface area (Å²) in [5.41, 5.74) is 1.78. The molecule has 2 amide bonds. The van der Waals surface area contributed by atoms with E-state index in [1.54, 1.807) is 26.8 Å². The highest BCUT2D eigenvalue weighted by Crippen LogP contribution is 2.61. The zero-order valence-corrected chi connectivity index (χ0v) is 21.1. The zero-order chi connectivity index (χ0) is 25.5. The van der Waals surface area contributed by atoms with Gasteiger partial charge in [0.2, 0.25) is 5.91 Å². The first-order chi connectivity index (χ1) is 16.4. The van der Waals surface area contributed by atoms with Crippen molar-refractivity contribution in [2.24, 2.45) is 17.3 Å². The van der Waals surface area contributed by atoms with E-state index in [2.05, 4.69) is 23.6 Å². The van der Waals surface area contributed by atoms with Crippen LogP contribution in [0, 0.1) is 17.3 Å². The van der Waals surface area contributed by atoms with Gasteiger partial charge in [0.15, 0.2) is 0 Å². The Morgan fingerprint density at radius 3 is 2.60 bits per heavy atom. The highest BCUT2D eigenvalue weighted by molar-refractivity contribution is 5.89. The monoisotopic (exact) mass is 486 g/mol. The van der Waals surface area contributed by atoms with Crippen molar-refractivity contribution in [3.8, 4) is 5.75 Å². The number of ether oxygens (including phenoxy) is 1. The lowest BCUT2D eigenvalue weighted by atomic mass is 9.55. The number of hydrogen-bond acceptors (Lipinski definition) is 5. The van der Waals surface area contributed by atoms with Crippen molar-refractivity contribution < 1.29 is 29.3 Å². The maximum Gasteiger partial charge on any atom is 0.408 e. The number of phenols is 1. The van der Waals surface area contributed by atoms with Crippen LogP contribution in [0.1, 0.15) is 83.3 Å². The van der Waals surface area contributed by atoms with Crippen LogP contribution in [0.2, 0.25) is 0 Å². The van der Waals surface area contributed by atoms with Crippen LogP contribution in [0.25, 0.3) is 0 Å². The lowest BCUT2D eigenvalue weighted by molar-refractivity contribution is -0.140. The molecule has 1 aromatic carbocycles. The first kappa shape index (κ1) is 25.3. The molecule has 0 radical (unpaired) electrons. The maximum absolute atomic E-state index is 13.2. The van der Waals surface area contributed by atoms with Crippen LogP contribution in [-0.2, 0) is 20.7 Å². The van der Waals surface area contributed by atoms with Crippen LogP contribution < -0.4 is 10.6 Å². The third-order valence-corrected chi connectivity index (χ3v) is 8.41. The number of aryl methyl sites for hydroxylation is 1. The molecule has 0 saturated heterocycles. The number of carbonyl (C=O) groups excluding carboxylic acids is 2. The molecular weight excluding hydrogens is 448 g/mol. The SMILES string of the molecule is CC(C)(C)OC(=O)N[C@@H](CC(=O)O)C(=O)N[C@H]1CC[C@H]2[C@@H]3CCc4cc(O)ccc4[C@H]3CC[C@]12C. The van der Waals surface area contributed by atoms with Crippen molar-refractivity contribution in [1.29, 1.82) is 0 Å². The summed E-state index contributed by atoms with van der Waals surface area (Å²) < 4.78 is 5.23. The molecule has 2 saturated carbocycles. The van der Waals surface area contributed by atoms with Crippen molar-refractivity contribution in [3.63, 3.8) is 0 Å². The van der Waals surface area contributed by atoms with Crippen molar-refractivity contribution >= 4 is 18.0 Å². The summed E-state index contributed by atoms with van der Waals surface area (Å²) in [5, 5.41) is 24.8. The lowest BCUT2D eigenvalue weighted by Gasteiger charge is -2.51. The van der Waals surface area contributed by atoms with Crippen LogP contribution in [0.3, 0.4) is 0 Å². The number of fused-ring (bicyclic) bond motifs is 5. The molecular formula is C27H38N2O6. The smallest absolute Gasteiger partial charge is 0.408 e. The third-order valence-electron chi connectivity index (χ3n) is 8.41. The predicted octanol–water partition coefficient (Wildman–Crippen LogP) is 4.10. The number of aliphatic carboxylic acids is 1. The Kier molecular flexibility index (Phi) is 6.77. The predicted molar refractivity (Wildman–Crippen MR) is 130 cm³/mol. The molecule has 0 aliphatic heterocycles. The van der Waals surface area contributed by atoms with Gasteiger partial charge >= 0.3 is 12.1 Å². The normalized spacial score (nSPS) is 30.3. The molecule has 4 N–H and O–H groups in total. The van der Waals surface area contributed by atoms with E-state index in [0.717, 1.165) is 38.5 Å². The summed E-state index contributed by atoms with van der Waals surface area (Å²) in [6.45, 7) is 7.38. The number of carbonyl (C=O) groups is 3. The van der Waals surface area contributed by atoms with E-state index in [1.165, 1.54) is 11.1 Å². The quantitative estimate of drug-likeness (QED) is 0.497. The number of rotatable bonds is 5. The van der Waals surface area contributed by atoms with Gasteiger partial charge in [-0.25, -0.2) is 4.79 Å². The summed E-state index contributed by atoms with van der Waals surface area (Å²) in [7, 11) is 0. The number of nitrogens with one attached hydrogen (secondary N) is 2. The number of carboxylic acids is 1. The summed E-state index contributed by atoms with van der Waals surface area (Å²) >= 11 is 0. The molecule has 3 aliphatic carbocycles. The van der Waals surface area contributed by atoms with Crippen molar-refractivity contribution in [2.45, 2.75) is 96.2 Å². The summed E-state index contributed by atoms with van der Waals surface area (Å²) in [4.78, 5) is 36.8. The van der Waals surface area contributed by atoms with Gasteiger partial charge in [0.1, 0.15) is 17.4 Å². The number of amides is 2. The van der Waals surface area contributed by atoms with Gasteiger partial charge in [-0.2, -0.15) is 0 Å². The molecule has 8 nitrogen and oxygen atoms in total. The number of benzene rings is 1. The molecule has 0 unspecified atom stereocenters. The number of hydrogen-bond donors (Lipinski definition) is 4. The van der Waals surface area contributed by atoms with E-state index in [1.807, 2.05) is 6.07 Å². The average molecular weight is 487 g/mol. The fraction of sp³-hybridized carbons (Fsp3) is 0.667. The van der Waals surface area contributed by atoms with Crippen molar-refractivity contribution in [3.05, 3.63) is 29.3 Å². The second-order valence-electron chi connectivity index (χ2n) is 11.8. The fourth-order valence-corrected chi connectivity index (χ4v) is 6.91. The molecule has 3 aliphatic rings. The molecule has 0 bridgehead atoms. The van der Waals surface area contributed by atoms with Crippen molar-refractivity contribution in [2.75, 3.05) is 0 Å². The molecule has 192 valence electrons. The molecule has 2 fully saturated rings. The second-order valence-corrected chi connectivity index (χ2v) is 11.8. The fourth-order valence-electron chi connectivity index (χ4n) is 6.91. The van der Waals surface area contributed by atoms with Gasteiger partial charge < -0.3 is 25.6 Å². The van der Waals surface area contributed by atoms with E-state index in [4.69, 9.17) is 4.74 Å². The number of aromatic hydroxyl groups is 1. The topological polar surface area (TPSA) is 125 Å². The molecule has 6 atom stereocenters. The van der Waals surface area contributed by atoms with E-state index in [9.17, 15) is 24.6 Å². The van der Waals surface area contributed by atoms with Gasteiger partial charge in [-0.05, 0) is 106 Å². The van der Waals surface area contributed by atoms with E-state index < -0.39 is 36.0 Å². The Morgan fingerprint density at radius 1 is 1.17 bits per heavy atom. The Hall–Kier alpha value is -2.77. The highest BCUT2D eigenvalue weighted by atomic mass is 16.6. The summed E-state index contributed by atoms with van der Waals surface area (Å²) in [5.74, 6) is 0.149. The van der Waals surface area contributed by atoms with Crippen LogP contribution >= 0.6 is 0 Å². The molecule has 1 aromatic rings. The molecule has 0 heterocycles. The average Bonchev–Trinajstić information content (AvgIpc) is 3.07. The third kappa shape index (κ3) is 5.26. The minimum absolute atomic E-state index is 0.0705. The second kappa shape index (κ2) is 9.36. The maximum atomic E-state index is 13.2. The lowest BCUT2D eigenvalue weighted by Crippen LogP contribution is -2.55.